The molecule has 0 bridgehead atoms. The van der Waals surface area contributed by atoms with E-state index in [1.54, 1.807) is 18.2 Å². The second-order valence-electron chi connectivity index (χ2n) is 8.38. The Kier molecular flexibility index (Phi) is 5.84. The van der Waals surface area contributed by atoms with Gasteiger partial charge in [0.1, 0.15) is 11.9 Å². The minimum absolute atomic E-state index is 0.0213. The van der Waals surface area contributed by atoms with E-state index in [2.05, 4.69) is 5.32 Å². The Hall–Kier alpha value is -2.76. The Morgan fingerprint density at radius 2 is 1.93 bits per heavy atom. The van der Waals surface area contributed by atoms with E-state index in [1.165, 1.54) is 13.5 Å². The topological polar surface area (TPSA) is 84.9 Å². The Bertz CT molecular complexity index is 910. The van der Waals surface area contributed by atoms with Gasteiger partial charge in [0.15, 0.2) is 11.5 Å². The normalized spacial score (nSPS) is 24.6. The smallest absolute Gasteiger partial charge is 0.336 e. The molecule has 30 heavy (non-hydrogen) atoms. The van der Waals surface area contributed by atoms with Crippen LogP contribution in [0.15, 0.2) is 41.2 Å². The number of ketones is 1. The lowest BCUT2D eigenvalue weighted by atomic mass is 9.71. The van der Waals surface area contributed by atoms with E-state index in [9.17, 15) is 14.7 Å². The van der Waals surface area contributed by atoms with Crippen LogP contribution in [0.3, 0.4) is 0 Å². The zero-order valence-electron chi connectivity index (χ0n) is 17.6. The van der Waals surface area contributed by atoms with Crippen LogP contribution in [0.2, 0.25) is 0 Å². The summed E-state index contributed by atoms with van der Waals surface area (Å²) in [6, 6.07) is 5.02. The van der Waals surface area contributed by atoms with Gasteiger partial charge in [-0.3, -0.25) is 4.79 Å². The van der Waals surface area contributed by atoms with Crippen molar-refractivity contribution in [2.24, 2.45) is 5.92 Å². The van der Waals surface area contributed by atoms with E-state index < -0.39 is 11.8 Å². The van der Waals surface area contributed by atoms with Crippen molar-refractivity contribution in [1.29, 1.82) is 0 Å². The van der Waals surface area contributed by atoms with Crippen molar-refractivity contribution in [1.82, 2.24) is 5.32 Å². The summed E-state index contributed by atoms with van der Waals surface area (Å²) < 4.78 is 11.2. The number of hydrogen-bond donors (Lipinski definition) is 2. The summed E-state index contributed by atoms with van der Waals surface area (Å²) in [5.74, 6) is -0.860. The number of ether oxygens (including phenoxy) is 2. The second-order valence-corrected chi connectivity index (χ2v) is 8.38. The minimum atomic E-state index is -0.476. The molecule has 0 saturated heterocycles. The molecule has 6 nitrogen and oxygen atoms in total. The number of allylic oxidation sites excluding steroid dienone is 3. The third kappa shape index (κ3) is 3.83. The molecule has 0 aromatic heterocycles. The third-order valence-corrected chi connectivity index (χ3v) is 6.43. The van der Waals surface area contributed by atoms with Gasteiger partial charge in [-0.25, -0.2) is 4.79 Å². The lowest BCUT2D eigenvalue weighted by Crippen LogP contribution is -2.41. The highest BCUT2D eigenvalue weighted by Crippen LogP contribution is 2.45. The quantitative estimate of drug-likeness (QED) is 0.726. The number of rotatable bonds is 4. The fraction of sp³-hybridized carbons (Fsp3) is 0.500. The highest BCUT2D eigenvalue weighted by molar-refractivity contribution is 5.96. The van der Waals surface area contributed by atoms with Crippen molar-refractivity contribution in [3.8, 4) is 11.5 Å². The zero-order chi connectivity index (χ0) is 21.3. The van der Waals surface area contributed by atoms with Gasteiger partial charge >= 0.3 is 5.97 Å². The van der Waals surface area contributed by atoms with Crippen molar-refractivity contribution in [3.05, 3.63) is 46.8 Å². The average Bonchev–Trinajstić information content (AvgIpc) is 2.74. The zero-order valence-corrected chi connectivity index (χ0v) is 17.6. The number of carbonyl (C=O) groups excluding carboxylic acids is 2. The molecule has 6 heteroatoms. The van der Waals surface area contributed by atoms with Gasteiger partial charge in [-0.15, -0.1) is 0 Å². The number of phenolic OH excluding ortho intramolecular Hbond substituents is 1. The molecule has 3 aliphatic rings. The monoisotopic (exact) mass is 411 g/mol. The molecule has 1 heterocycles. The fourth-order valence-corrected chi connectivity index (χ4v) is 4.93. The molecular weight excluding hydrogens is 382 g/mol. The highest BCUT2D eigenvalue weighted by Gasteiger charge is 2.44. The van der Waals surface area contributed by atoms with Crippen LogP contribution in [-0.4, -0.2) is 30.1 Å². The number of phenols is 1. The molecule has 160 valence electrons. The van der Waals surface area contributed by atoms with Crippen LogP contribution in [-0.2, 0) is 14.3 Å². The third-order valence-electron chi connectivity index (χ3n) is 6.43. The van der Waals surface area contributed by atoms with Gasteiger partial charge in [-0.1, -0.05) is 18.6 Å². The molecule has 1 aliphatic heterocycles. The number of methoxy groups -OCH3 is 1. The standard InChI is InChI=1S/C24H29NO5/c1-14-21(24(28)30-16-7-4-3-5-8-16)22(15-11-12-18(26)20(13-15)29-2)23-17(25-14)9-6-10-19(23)27/h9,11-13,16,22-23,25-26H,3-8,10H2,1-2H3. The lowest BCUT2D eigenvalue weighted by molar-refractivity contribution is -0.146. The van der Waals surface area contributed by atoms with Crippen molar-refractivity contribution < 1.29 is 24.2 Å². The summed E-state index contributed by atoms with van der Waals surface area (Å²) in [5.41, 5.74) is 2.80. The lowest BCUT2D eigenvalue weighted by Gasteiger charge is -2.38. The van der Waals surface area contributed by atoms with E-state index in [0.717, 1.165) is 36.9 Å². The molecule has 1 aromatic rings. The number of benzene rings is 1. The van der Waals surface area contributed by atoms with Crippen LogP contribution in [0.5, 0.6) is 11.5 Å². The van der Waals surface area contributed by atoms with Gasteiger partial charge in [0.05, 0.1) is 18.6 Å². The van der Waals surface area contributed by atoms with Crippen LogP contribution >= 0.6 is 0 Å². The number of aromatic hydroxyl groups is 1. The Morgan fingerprint density at radius 3 is 2.67 bits per heavy atom. The predicted octanol–water partition coefficient (Wildman–Crippen LogP) is 4.10. The first-order chi connectivity index (χ1) is 14.5. The van der Waals surface area contributed by atoms with Crippen molar-refractivity contribution in [3.63, 3.8) is 0 Å². The molecule has 2 aliphatic carbocycles. The number of carbonyl (C=O) groups is 2. The Labute approximate surface area is 176 Å². The summed E-state index contributed by atoms with van der Waals surface area (Å²) in [6.07, 6.45) is 8.21. The summed E-state index contributed by atoms with van der Waals surface area (Å²) in [5, 5.41) is 13.3. The molecule has 2 atom stereocenters. The Balaban J connectivity index is 1.76. The molecule has 1 saturated carbocycles. The van der Waals surface area contributed by atoms with Gasteiger partial charge in [-0.2, -0.15) is 0 Å². The van der Waals surface area contributed by atoms with Gasteiger partial charge in [0.25, 0.3) is 0 Å². The maximum absolute atomic E-state index is 13.3. The first-order valence-electron chi connectivity index (χ1n) is 10.8. The average molecular weight is 411 g/mol. The predicted molar refractivity (Wildman–Crippen MR) is 112 cm³/mol. The molecule has 2 unspecified atom stereocenters. The molecular formula is C24H29NO5. The van der Waals surface area contributed by atoms with Crippen LogP contribution in [0.4, 0.5) is 0 Å². The van der Waals surface area contributed by atoms with Gasteiger partial charge in [-0.05, 0) is 56.7 Å². The van der Waals surface area contributed by atoms with Crippen molar-refractivity contribution >= 4 is 11.8 Å². The van der Waals surface area contributed by atoms with Crippen LogP contribution in [0, 0.1) is 5.92 Å². The van der Waals surface area contributed by atoms with E-state index in [4.69, 9.17) is 9.47 Å². The number of esters is 1. The maximum atomic E-state index is 13.3. The summed E-state index contributed by atoms with van der Waals surface area (Å²) >= 11 is 0. The molecule has 2 N–H and O–H groups in total. The Morgan fingerprint density at radius 1 is 1.17 bits per heavy atom. The molecule has 1 aromatic carbocycles. The number of nitrogens with one attached hydrogen (secondary N) is 1. The van der Waals surface area contributed by atoms with E-state index >= 15 is 0 Å². The maximum Gasteiger partial charge on any atom is 0.336 e. The van der Waals surface area contributed by atoms with E-state index in [0.29, 0.717) is 29.9 Å². The first kappa shape index (κ1) is 20.5. The van der Waals surface area contributed by atoms with Crippen molar-refractivity contribution in [2.75, 3.05) is 7.11 Å². The SMILES string of the molecule is COc1cc(C2C(C(=O)OC3CCCCC3)=C(C)NC3=CCCC(=O)C32)ccc1O. The van der Waals surface area contributed by atoms with Gasteiger partial charge in [0, 0.05) is 23.7 Å². The molecule has 4 rings (SSSR count). The first-order valence-corrected chi connectivity index (χ1v) is 10.8. The van der Waals surface area contributed by atoms with Crippen LogP contribution < -0.4 is 10.1 Å². The van der Waals surface area contributed by atoms with E-state index in [1.807, 2.05) is 13.0 Å². The largest absolute Gasteiger partial charge is 0.504 e. The number of fused-ring (bicyclic) bond motifs is 1. The summed E-state index contributed by atoms with van der Waals surface area (Å²) in [7, 11) is 1.48. The van der Waals surface area contributed by atoms with Crippen LogP contribution in [0.25, 0.3) is 0 Å². The van der Waals surface area contributed by atoms with Crippen molar-refractivity contribution in [2.45, 2.75) is 63.9 Å². The van der Waals surface area contributed by atoms with Crippen LogP contribution in [0.1, 0.15) is 63.4 Å². The molecule has 1 fully saturated rings. The van der Waals surface area contributed by atoms with E-state index in [-0.39, 0.29) is 23.6 Å². The minimum Gasteiger partial charge on any atom is -0.504 e. The van der Waals surface area contributed by atoms with Gasteiger partial charge < -0.3 is 19.9 Å². The molecule has 0 spiro atoms. The molecule has 0 amide bonds. The summed E-state index contributed by atoms with van der Waals surface area (Å²) in [4.78, 5) is 26.3. The number of Topliss-reactive ketones (excluding diaryl/α,β-unsaturated/α-hetero) is 1. The fourth-order valence-electron chi connectivity index (χ4n) is 4.93. The second kappa shape index (κ2) is 8.54. The highest BCUT2D eigenvalue weighted by atomic mass is 16.5. The number of hydrogen-bond acceptors (Lipinski definition) is 6. The van der Waals surface area contributed by atoms with Gasteiger partial charge in [0.2, 0.25) is 0 Å². The molecule has 0 radical (unpaired) electrons. The summed E-state index contributed by atoms with van der Waals surface area (Å²) in [6.45, 7) is 1.86.